The highest BCUT2D eigenvalue weighted by atomic mass is 19.1. The predicted molar refractivity (Wildman–Crippen MR) is 84.6 cm³/mol. The van der Waals surface area contributed by atoms with Gasteiger partial charge in [-0.1, -0.05) is 0 Å². The number of halogens is 1. The molecular weight excluding hydrogens is 333 g/mol. The number of amides is 1. The Kier molecular flexibility index (Phi) is 4.73. The lowest BCUT2D eigenvalue weighted by Crippen LogP contribution is -2.58. The van der Waals surface area contributed by atoms with Crippen molar-refractivity contribution < 1.29 is 18.7 Å². The molecule has 1 heterocycles. The van der Waals surface area contributed by atoms with Crippen molar-refractivity contribution in [2.45, 2.75) is 38.6 Å². The molecule has 2 N–H and O–H groups in total. The second kappa shape index (κ2) is 6.81. The summed E-state index contributed by atoms with van der Waals surface area (Å²) in [6.07, 6.45) is 4.10. The van der Waals surface area contributed by atoms with E-state index < -0.39 is 35.1 Å². The number of rotatable bonds is 3. The first-order chi connectivity index (χ1) is 11.9. The zero-order valence-corrected chi connectivity index (χ0v) is 13.8. The summed E-state index contributed by atoms with van der Waals surface area (Å²) in [5.74, 6) is -1.84. The third-order valence-electron chi connectivity index (χ3n) is 5.19. The molecule has 2 unspecified atom stereocenters. The Morgan fingerprint density at radius 3 is 2.56 bits per heavy atom. The number of carbonyl (C=O) groups is 2. The van der Waals surface area contributed by atoms with Crippen LogP contribution in [0.4, 0.5) is 9.18 Å². The minimum Gasteiger partial charge on any atom is -0.466 e. The molecule has 3 saturated carbocycles. The van der Waals surface area contributed by atoms with Gasteiger partial charge in [0.2, 0.25) is 5.82 Å². The van der Waals surface area contributed by atoms with Crippen LogP contribution in [0.15, 0.2) is 15.8 Å². The van der Waals surface area contributed by atoms with E-state index in [1.807, 2.05) is 0 Å². The van der Waals surface area contributed by atoms with Crippen LogP contribution >= 0.6 is 0 Å². The lowest BCUT2D eigenvalue weighted by Gasteiger charge is -2.47. The number of fused-ring (bicyclic) bond motifs is 3. The molecule has 1 amide bonds. The summed E-state index contributed by atoms with van der Waals surface area (Å²) in [7, 11) is 0. The van der Waals surface area contributed by atoms with Gasteiger partial charge in [-0.2, -0.15) is 4.39 Å². The Balaban J connectivity index is 1.85. The monoisotopic (exact) mass is 353 g/mol. The van der Waals surface area contributed by atoms with Gasteiger partial charge in [0, 0.05) is 6.04 Å². The maximum absolute atomic E-state index is 13.4. The van der Waals surface area contributed by atoms with Gasteiger partial charge in [-0.25, -0.2) is 14.2 Å². The summed E-state index contributed by atoms with van der Waals surface area (Å²) in [6, 6.07) is -1.34. The largest absolute Gasteiger partial charge is 0.466 e. The predicted octanol–water partition coefficient (Wildman–Crippen LogP) is 0.601. The van der Waals surface area contributed by atoms with Crippen LogP contribution in [0, 0.1) is 23.6 Å². The van der Waals surface area contributed by atoms with Crippen molar-refractivity contribution in [2.75, 3.05) is 6.61 Å². The van der Waals surface area contributed by atoms with E-state index in [1.165, 1.54) is 0 Å². The number of hydrogen-bond acceptors (Lipinski definition) is 5. The number of ether oxygens (including phenoxy) is 1. The molecule has 0 saturated heterocycles. The molecular formula is C16H20FN3O5. The van der Waals surface area contributed by atoms with E-state index in [9.17, 15) is 23.6 Å². The molecule has 4 rings (SSSR count). The van der Waals surface area contributed by atoms with E-state index in [0.29, 0.717) is 10.8 Å². The molecule has 2 atom stereocenters. The molecule has 0 aromatic carbocycles. The highest BCUT2D eigenvalue weighted by molar-refractivity contribution is 5.79. The van der Waals surface area contributed by atoms with E-state index in [1.54, 1.807) is 11.9 Å². The highest BCUT2D eigenvalue weighted by Gasteiger charge is 2.48. The standard InChI is InChI=1S/C16H20FN3O5/c1-2-25-14(22)11-8-3-5-9(6-4-8)12(11)18-15(23)20-7-10(17)13(21)19-16(20)24/h7-9,11-12H,2-6H2,1H3,(H,18,23)(H,19,21,24). The van der Waals surface area contributed by atoms with Crippen molar-refractivity contribution in [2.24, 2.45) is 17.8 Å². The molecule has 2 bridgehead atoms. The highest BCUT2D eigenvalue weighted by Crippen LogP contribution is 2.45. The SMILES string of the molecule is CCOC(=O)C1C2CCC(CC2)C1NC(=O)n1cc(F)c(=O)[nH]c1=O. The Labute approximate surface area is 142 Å². The zero-order chi connectivity index (χ0) is 18.1. The summed E-state index contributed by atoms with van der Waals surface area (Å²) in [6.45, 7) is 1.97. The summed E-state index contributed by atoms with van der Waals surface area (Å²) in [5, 5.41) is 2.68. The molecule has 8 nitrogen and oxygen atoms in total. The van der Waals surface area contributed by atoms with Gasteiger partial charge in [-0.3, -0.25) is 14.6 Å². The van der Waals surface area contributed by atoms with Crippen LogP contribution in [0.25, 0.3) is 0 Å². The van der Waals surface area contributed by atoms with Crippen LogP contribution in [-0.4, -0.2) is 34.2 Å². The number of H-pyrrole nitrogens is 1. The van der Waals surface area contributed by atoms with Crippen LogP contribution < -0.4 is 16.6 Å². The van der Waals surface area contributed by atoms with Gasteiger partial charge in [0.05, 0.1) is 18.7 Å². The Morgan fingerprint density at radius 1 is 1.28 bits per heavy atom. The summed E-state index contributed by atoms with van der Waals surface area (Å²) < 4.78 is 19.0. The lowest BCUT2D eigenvalue weighted by molar-refractivity contribution is -0.155. The average molecular weight is 353 g/mol. The van der Waals surface area contributed by atoms with Gasteiger partial charge in [0.25, 0.3) is 5.56 Å². The molecule has 0 radical (unpaired) electrons. The van der Waals surface area contributed by atoms with E-state index in [0.717, 1.165) is 25.7 Å². The molecule has 3 fully saturated rings. The third-order valence-corrected chi connectivity index (χ3v) is 5.19. The normalized spacial score (nSPS) is 27.8. The minimum absolute atomic E-state index is 0.103. The number of esters is 1. The van der Waals surface area contributed by atoms with Gasteiger partial charge in [0.1, 0.15) is 0 Å². The van der Waals surface area contributed by atoms with Gasteiger partial charge in [-0.15, -0.1) is 0 Å². The van der Waals surface area contributed by atoms with E-state index in [4.69, 9.17) is 4.74 Å². The average Bonchev–Trinajstić information content (AvgIpc) is 2.59. The first kappa shape index (κ1) is 17.4. The molecule has 25 heavy (non-hydrogen) atoms. The molecule has 3 aliphatic rings. The van der Waals surface area contributed by atoms with E-state index >= 15 is 0 Å². The van der Waals surface area contributed by atoms with Crippen LogP contribution in [0.1, 0.15) is 32.6 Å². The van der Waals surface area contributed by atoms with E-state index in [2.05, 4.69) is 5.32 Å². The number of nitrogens with one attached hydrogen (secondary N) is 2. The number of aromatic amines is 1. The van der Waals surface area contributed by atoms with Gasteiger partial charge < -0.3 is 10.1 Å². The number of carbonyl (C=O) groups excluding carboxylic acids is 2. The molecule has 0 spiro atoms. The Hall–Kier alpha value is -2.45. The fourth-order valence-electron chi connectivity index (χ4n) is 4.05. The van der Waals surface area contributed by atoms with Gasteiger partial charge in [-0.05, 0) is 44.4 Å². The molecule has 3 aliphatic carbocycles. The van der Waals surface area contributed by atoms with Crippen molar-refractivity contribution in [3.05, 3.63) is 32.9 Å². The fraction of sp³-hybridized carbons (Fsp3) is 0.625. The van der Waals surface area contributed by atoms with Crippen molar-refractivity contribution in [1.82, 2.24) is 14.9 Å². The second-order valence-electron chi connectivity index (χ2n) is 6.53. The first-order valence-corrected chi connectivity index (χ1v) is 8.41. The summed E-state index contributed by atoms with van der Waals surface area (Å²) in [4.78, 5) is 49.3. The zero-order valence-electron chi connectivity index (χ0n) is 13.8. The van der Waals surface area contributed by atoms with Gasteiger partial charge in [0.15, 0.2) is 0 Å². The maximum Gasteiger partial charge on any atom is 0.336 e. The third kappa shape index (κ3) is 3.22. The topological polar surface area (TPSA) is 110 Å². The van der Waals surface area contributed by atoms with Crippen molar-refractivity contribution in [1.29, 1.82) is 0 Å². The fourth-order valence-corrected chi connectivity index (χ4v) is 4.05. The number of hydrogen-bond donors (Lipinski definition) is 2. The van der Waals surface area contributed by atoms with Crippen molar-refractivity contribution in [3.8, 4) is 0 Å². The molecule has 0 aliphatic heterocycles. The summed E-state index contributed by atoms with van der Waals surface area (Å²) in [5.41, 5.74) is -2.22. The van der Waals surface area contributed by atoms with Gasteiger partial charge >= 0.3 is 17.7 Å². The maximum atomic E-state index is 13.4. The Morgan fingerprint density at radius 2 is 1.92 bits per heavy atom. The minimum atomic E-state index is -1.23. The molecule has 1 aromatic heterocycles. The van der Waals surface area contributed by atoms with Crippen molar-refractivity contribution >= 4 is 12.0 Å². The molecule has 9 heteroatoms. The number of aromatic nitrogens is 2. The first-order valence-electron chi connectivity index (χ1n) is 8.41. The van der Waals surface area contributed by atoms with Crippen LogP contribution in [-0.2, 0) is 9.53 Å². The quantitative estimate of drug-likeness (QED) is 0.773. The molecule has 1 aromatic rings. The number of nitrogens with zero attached hydrogens (tertiary/aromatic N) is 1. The lowest BCUT2D eigenvalue weighted by atomic mass is 9.61. The molecule has 136 valence electrons. The smallest absolute Gasteiger partial charge is 0.336 e. The van der Waals surface area contributed by atoms with Crippen LogP contribution in [0.3, 0.4) is 0 Å². The van der Waals surface area contributed by atoms with Crippen molar-refractivity contribution in [3.63, 3.8) is 0 Å². The van der Waals surface area contributed by atoms with E-state index in [-0.39, 0.29) is 24.4 Å². The second-order valence-corrected chi connectivity index (χ2v) is 6.53. The summed E-state index contributed by atoms with van der Waals surface area (Å²) >= 11 is 0. The Bertz CT molecular complexity index is 794. The van der Waals surface area contributed by atoms with Crippen LogP contribution in [0.5, 0.6) is 0 Å². The van der Waals surface area contributed by atoms with Crippen LogP contribution in [0.2, 0.25) is 0 Å².